The minimum atomic E-state index is 0. The Morgan fingerprint density at radius 3 is 2.67 bits per heavy atom. The minimum absolute atomic E-state index is 0. The molecule has 0 unspecified atom stereocenters. The normalized spacial score (nSPS) is 16.3. The summed E-state index contributed by atoms with van der Waals surface area (Å²) in [6, 6.07) is 9.32. The lowest BCUT2D eigenvalue weighted by atomic mass is 10.1. The van der Waals surface area contributed by atoms with Crippen LogP contribution in [0.15, 0.2) is 65.3 Å². The zero-order chi connectivity index (χ0) is 15.2. The molecule has 1 aromatic rings. The lowest BCUT2D eigenvalue weighted by molar-refractivity contribution is 0.318. The summed E-state index contributed by atoms with van der Waals surface area (Å²) in [6.45, 7) is 8.78. The van der Waals surface area contributed by atoms with Gasteiger partial charge in [0.15, 0.2) is 0 Å². The number of allylic oxidation sites excluding steroid dienone is 6. The van der Waals surface area contributed by atoms with Crippen LogP contribution in [0, 0.1) is 17.9 Å². The molecule has 2 N–H and O–H groups in total. The smallest absolute Gasteiger partial charge is 0.269 e. The van der Waals surface area contributed by atoms with Crippen LogP contribution in [0.5, 0.6) is 0 Å². The topological polar surface area (TPSA) is 63.4 Å². The molecule has 0 spiro atoms. The van der Waals surface area contributed by atoms with Gasteiger partial charge >= 0.3 is 0 Å². The second-order valence-corrected chi connectivity index (χ2v) is 4.43. The molecule has 2 rings (SSSR count). The molecule has 0 aromatic heterocycles. The number of nitrogens with zero attached hydrogens (tertiary/aromatic N) is 2. The van der Waals surface area contributed by atoms with E-state index < -0.39 is 0 Å². The lowest BCUT2D eigenvalue weighted by Crippen LogP contribution is -1.96. The molecule has 0 aliphatic carbocycles. The Balaban J connectivity index is 0.00000242. The monoisotopic (exact) mass is 279 g/mol. The van der Waals surface area contributed by atoms with E-state index in [0.717, 1.165) is 5.56 Å². The largest absolute Gasteiger partial charge is 0.462 e. The van der Waals surface area contributed by atoms with Crippen LogP contribution >= 0.6 is 0 Å². The van der Waals surface area contributed by atoms with E-state index in [0.29, 0.717) is 22.8 Å². The zero-order valence-corrected chi connectivity index (χ0v) is 11.5. The van der Waals surface area contributed by atoms with Gasteiger partial charge in [-0.05, 0) is 48.4 Å². The van der Waals surface area contributed by atoms with Crippen LogP contribution in [0.2, 0.25) is 0 Å². The predicted molar refractivity (Wildman–Crippen MR) is 86.3 cm³/mol. The maximum atomic E-state index is 8.93. The highest BCUT2D eigenvalue weighted by atomic mass is 16.5. The lowest BCUT2D eigenvalue weighted by Gasteiger charge is -2.13. The van der Waals surface area contributed by atoms with Gasteiger partial charge in [-0.25, -0.2) is 10.1 Å². The molecule has 1 heterocycles. The molecule has 4 nitrogen and oxygen atoms in total. The van der Waals surface area contributed by atoms with E-state index in [1.807, 2.05) is 36.4 Å². The molecule has 0 bridgehead atoms. The summed E-state index contributed by atoms with van der Waals surface area (Å²) in [6.07, 6.45) is 7.03. The number of anilines is 1. The Bertz CT molecular complexity index is 745. The molecule has 1 aliphatic heterocycles. The second-order valence-electron chi connectivity index (χ2n) is 4.43. The summed E-state index contributed by atoms with van der Waals surface area (Å²) in [5.41, 5.74) is 7.94. The van der Waals surface area contributed by atoms with Gasteiger partial charge in [0.25, 0.3) is 5.70 Å². The van der Waals surface area contributed by atoms with Gasteiger partial charge in [-0.15, -0.1) is 0 Å². The van der Waals surface area contributed by atoms with Gasteiger partial charge in [0.2, 0.25) is 0 Å². The van der Waals surface area contributed by atoms with Crippen LogP contribution < -0.4 is 5.73 Å². The van der Waals surface area contributed by atoms with Gasteiger partial charge in [0, 0.05) is 8.54 Å². The quantitative estimate of drug-likeness (QED) is 0.499. The fraction of sp³-hybridized carbons (Fsp3) is 0.0588. The number of hydrogen-bond acceptors (Lipinski definition) is 3. The van der Waals surface area contributed by atoms with Crippen LogP contribution in [0.25, 0.3) is 10.9 Å². The van der Waals surface area contributed by atoms with Gasteiger partial charge in [-0.1, -0.05) is 18.2 Å². The standard InChI is InChI=1S/C17H13N3O.2H2/c1-12-9-14(17(11-18)20-2)10-16(21-12)8-5-13-3-6-15(19)7-4-13;;/h3-10H,19H2,1H3;2*1H/b8-5+,17-14-;;. The number of nitrogen functional groups attached to an aromatic ring is 1. The number of nitriles is 1. The van der Waals surface area contributed by atoms with Gasteiger partial charge in [-0.2, -0.15) is 0 Å². The van der Waals surface area contributed by atoms with Gasteiger partial charge in [0.1, 0.15) is 11.5 Å². The van der Waals surface area contributed by atoms with E-state index in [1.54, 1.807) is 25.2 Å². The molecule has 0 saturated heterocycles. The highest BCUT2D eigenvalue weighted by Gasteiger charge is 2.10. The van der Waals surface area contributed by atoms with E-state index in [1.165, 1.54) is 0 Å². The molecule has 21 heavy (non-hydrogen) atoms. The van der Waals surface area contributed by atoms with Crippen molar-refractivity contribution in [2.75, 3.05) is 5.73 Å². The van der Waals surface area contributed by atoms with Crippen molar-refractivity contribution in [1.82, 2.24) is 0 Å². The van der Waals surface area contributed by atoms with Crippen molar-refractivity contribution in [3.8, 4) is 6.07 Å². The molecule has 0 fully saturated rings. The third kappa shape index (κ3) is 3.62. The molecule has 0 radical (unpaired) electrons. The maximum absolute atomic E-state index is 8.93. The van der Waals surface area contributed by atoms with Gasteiger partial charge in [-0.3, -0.25) is 0 Å². The van der Waals surface area contributed by atoms with Crippen LogP contribution in [-0.4, -0.2) is 0 Å². The fourth-order valence-electron chi connectivity index (χ4n) is 1.82. The van der Waals surface area contributed by atoms with Crippen molar-refractivity contribution < 1.29 is 7.59 Å². The molecule has 0 amide bonds. The van der Waals surface area contributed by atoms with E-state index in [4.69, 9.17) is 22.3 Å². The summed E-state index contributed by atoms with van der Waals surface area (Å²) in [5, 5.41) is 8.93. The number of hydrogen-bond donors (Lipinski definition) is 1. The Labute approximate surface area is 126 Å². The Kier molecular flexibility index (Phi) is 4.23. The average molecular weight is 279 g/mol. The van der Waals surface area contributed by atoms with E-state index >= 15 is 0 Å². The Hall–Kier alpha value is -3.24. The molecule has 0 atom stereocenters. The third-order valence-corrected chi connectivity index (χ3v) is 2.80. The van der Waals surface area contributed by atoms with E-state index in [9.17, 15) is 0 Å². The minimum Gasteiger partial charge on any atom is -0.462 e. The summed E-state index contributed by atoms with van der Waals surface area (Å²) in [4.78, 5) is 3.21. The number of benzene rings is 1. The van der Waals surface area contributed by atoms with Crippen molar-refractivity contribution in [1.29, 1.82) is 5.26 Å². The number of rotatable bonds is 2. The first kappa shape index (κ1) is 14.2. The van der Waals surface area contributed by atoms with Crippen LogP contribution in [0.4, 0.5) is 5.69 Å². The summed E-state index contributed by atoms with van der Waals surface area (Å²) in [5.74, 6) is 1.22. The Morgan fingerprint density at radius 1 is 1.33 bits per heavy atom. The molecule has 106 valence electrons. The first-order valence-electron chi connectivity index (χ1n) is 6.25. The van der Waals surface area contributed by atoms with Crippen molar-refractivity contribution >= 4 is 11.8 Å². The molecule has 0 saturated carbocycles. The second kappa shape index (κ2) is 6.27. The number of ether oxygens (including phenoxy) is 1. The predicted octanol–water partition coefficient (Wildman–Crippen LogP) is 4.29. The van der Waals surface area contributed by atoms with Crippen molar-refractivity contribution in [3.05, 3.63) is 82.3 Å². The first-order valence-corrected chi connectivity index (χ1v) is 6.25. The third-order valence-electron chi connectivity index (χ3n) is 2.80. The fourth-order valence-corrected chi connectivity index (χ4v) is 1.82. The average Bonchev–Trinajstić information content (AvgIpc) is 2.47. The van der Waals surface area contributed by atoms with Crippen molar-refractivity contribution in [2.24, 2.45) is 0 Å². The van der Waals surface area contributed by atoms with Gasteiger partial charge in [0.05, 0.1) is 12.6 Å². The van der Waals surface area contributed by atoms with Crippen LogP contribution in [0.1, 0.15) is 15.3 Å². The molecule has 4 heteroatoms. The van der Waals surface area contributed by atoms with Crippen molar-refractivity contribution in [2.45, 2.75) is 6.92 Å². The molecule has 1 aromatic carbocycles. The van der Waals surface area contributed by atoms with Crippen LogP contribution in [-0.2, 0) is 4.74 Å². The van der Waals surface area contributed by atoms with E-state index in [2.05, 4.69) is 4.85 Å². The van der Waals surface area contributed by atoms with Crippen LogP contribution in [0.3, 0.4) is 0 Å². The molecular formula is C17H17N3O. The Morgan fingerprint density at radius 2 is 2.05 bits per heavy atom. The van der Waals surface area contributed by atoms with Crippen molar-refractivity contribution in [3.63, 3.8) is 0 Å². The summed E-state index contributed by atoms with van der Waals surface area (Å²) in [7, 11) is 0. The highest BCUT2D eigenvalue weighted by Crippen LogP contribution is 2.23. The maximum Gasteiger partial charge on any atom is 0.269 e. The highest BCUT2D eigenvalue weighted by molar-refractivity contribution is 5.57. The number of nitrogens with two attached hydrogens (primary N) is 1. The molecular weight excluding hydrogens is 262 g/mol. The van der Waals surface area contributed by atoms with E-state index in [-0.39, 0.29) is 8.55 Å². The van der Waals surface area contributed by atoms with Gasteiger partial charge < -0.3 is 10.5 Å². The SMILES string of the molecule is [C-]#[N+]/C(C#N)=C1/C=C(C)OC(/C=C/c2ccc(N)cc2)=C1.[HH].[HH]. The molecule has 1 aliphatic rings. The zero-order valence-electron chi connectivity index (χ0n) is 11.5. The first-order chi connectivity index (χ1) is 10.1. The summed E-state index contributed by atoms with van der Waals surface area (Å²) >= 11 is 0. The summed E-state index contributed by atoms with van der Waals surface area (Å²) < 4.78 is 5.57.